The molecular formula is C12H16ClNOS. The van der Waals surface area contributed by atoms with Crippen LogP contribution in [0.25, 0.3) is 0 Å². The van der Waals surface area contributed by atoms with Crippen LogP contribution in [0.1, 0.15) is 19.3 Å². The van der Waals surface area contributed by atoms with Crippen molar-refractivity contribution in [3.05, 3.63) is 23.2 Å². The minimum absolute atomic E-state index is 0.526. The summed E-state index contributed by atoms with van der Waals surface area (Å²) in [6.07, 6.45) is 3.84. The highest BCUT2D eigenvalue weighted by Crippen LogP contribution is 2.32. The molecule has 1 unspecified atom stereocenters. The first kappa shape index (κ1) is 12.1. The third-order valence-electron chi connectivity index (χ3n) is 2.67. The minimum atomic E-state index is 0.526. The highest BCUT2D eigenvalue weighted by molar-refractivity contribution is 7.99. The van der Waals surface area contributed by atoms with Crippen LogP contribution >= 0.6 is 23.4 Å². The van der Waals surface area contributed by atoms with Gasteiger partial charge in [0, 0.05) is 4.90 Å². The number of rotatable bonds is 3. The number of benzene rings is 1. The fourth-order valence-corrected chi connectivity index (χ4v) is 3.27. The summed E-state index contributed by atoms with van der Waals surface area (Å²) in [5, 5.41) is 4.71. The van der Waals surface area contributed by atoms with Crippen molar-refractivity contribution < 1.29 is 4.74 Å². The van der Waals surface area contributed by atoms with Crippen molar-refractivity contribution in [3.8, 4) is 5.75 Å². The molecule has 4 heteroatoms. The van der Waals surface area contributed by atoms with Crippen molar-refractivity contribution in [1.82, 2.24) is 5.32 Å². The number of halogens is 1. The van der Waals surface area contributed by atoms with E-state index in [-0.39, 0.29) is 0 Å². The summed E-state index contributed by atoms with van der Waals surface area (Å²) in [5.41, 5.74) is 0. The molecule has 0 radical (unpaired) electrons. The largest absolute Gasteiger partial charge is 0.495 e. The molecule has 1 aromatic rings. The molecule has 0 aromatic heterocycles. The zero-order valence-corrected chi connectivity index (χ0v) is 10.9. The maximum atomic E-state index is 6.09. The Morgan fingerprint density at radius 1 is 1.44 bits per heavy atom. The Balaban J connectivity index is 2.01. The monoisotopic (exact) mass is 257 g/mol. The van der Waals surface area contributed by atoms with Gasteiger partial charge in [-0.15, -0.1) is 11.8 Å². The average molecular weight is 258 g/mol. The van der Waals surface area contributed by atoms with Crippen molar-refractivity contribution in [1.29, 1.82) is 0 Å². The number of hydrogen-bond donors (Lipinski definition) is 1. The molecule has 1 aliphatic rings. The zero-order chi connectivity index (χ0) is 11.4. The summed E-state index contributed by atoms with van der Waals surface area (Å²) in [6.45, 7) is 1.13. The second-order valence-electron chi connectivity index (χ2n) is 3.85. The first-order chi connectivity index (χ1) is 7.79. The number of methoxy groups -OCH3 is 1. The lowest BCUT2D eigenvalue weighted by Crippen LogP contribution is -2.30. The maximum absolute atomic E-state index is 6.09. The number of nitrogens with one attached hydrogen (secondary N) is 1. The minimum Gasteiger partial charge on any atom is -0.495 e. The Kier molecular flexibility index (Phi) is 4.38. The van der Waals surface area contributed by atoms with Gasteiger partial charge in [-0.1, -0.05) is 11.6 Å². The van der Waals surface area contributed by atoms with Gasteiger partial charge in [-0.2, -0.15) is 0 Å². The third kappa shape index (κ3) is 3.06. The summed E-state index contributed by atoms with van der Waals surface area (Å²) >= 11 is 7.94. The SMILES string of the molecule is COc1ccc(SC2CCCCN2)cc1Cl. The third-order valence-corrected chi connectivity index (χ3v) is 4.18. The second-order valence-corrected chi connectivity index (χ2v) is 5.54. The van der Waals surface area contributed by atoms with Crippen molar-refractivity contribution in [2.24, 2.45) is 0 Å². The van der Waals surface area contributed by atoms with E-state index >= 15 is 0 Å². The fraction of sp³-hybridized carbons (Fsp3) is 0.500. The van der Waals surface area contributed by atoms with Gasteiger partial charge in [0.2, 0.25) is 0 Å². The summed E-state index contributed by atoms with van der Waals surface area (Å²) in [6, 6.07) is 5.96. The van der Waals surface area contributed by atoms with E-state index in [0.29, 0.717) is 10.4 Å². The number of hydrogen-bond acceptors (Lipinski definition) is 3. The molecule has 2 rings (SSSR count). The van der Waals surface area contributed by atoms with Gasteiger partial charge in [0.05, 0.1) is 17.5 Å². The number of ether oxygens (including phenoxy) is 1. The molecule has 0 bridgehead atoms. The predicted octanol–water partition coefficient (Wildman–Crippen LogP) is 3.54. The molecule has 1 fully saturated rings. The Bertz CT molecular complexity index is 353. The van der Waals surface area contributed by atoms with Crippen LogP contribution in [0.5, 0.6) is 5.75 Å². The molecule has 2 nitrogen and oxygen atoms in total. The van der Waals surface area contributed by atoms with E-state index < -0.39 is 0 Å². The van der Waals surface area contributed by atoms with Gasteiger partial charge in [-0.3, -0.25) is 0 Å². The molecule has 1 saturated heterocycles. The van der Waals surface area contributed by atoms with Crippen LogP contribution in [0.2, 0.25) is 5.02 Å². The highest BCUT2D eigenvalue weighted by atomic mass is 35.5. The number of thioether (sulfide) groups is 1. The van der Waals surface area contributed by atoms with Crippen molar-refractivity contribution in [2.45, 2.75) is 29.5 Å². The van der Waals surface area contributed by atoms with Gasteiger partial charge >= 0.3 is 0 Å². The zero-order valence-electron chi connectivity index (χ0n) is 9.33. The normalized spacial score (nSPS) is 20.8. The maximum Gasteiger partial charge on any atom is 0.137 e. The van der Waals surface area contributed by atoms with Gasteiger partial charge in [0.25, 0.3) is 0 Å². The van der Waals surface area contributed by atoms with E-state index in [9.17, 15) is 0 Å². The molecule has 1 aliphatic heterocycles. The van der Waals surface area contributed by atoms with Gasteiger partial charge in [-0.05, 0) is 44.0 Å². The smallest absolute Gasteiger partial charge is 0.137 e. The van der Waals surface area contributed by atoms with Gasteiger partial charge in [-0.25, -0.2) is 0 Å². The molecule has 0 saturated carbocycles. The van der Waals surface area contributed by atoms with Gasteiger partial charge < -0.3 is 10.1 Å². The summed E-state index contributed by atoms with van der Waals surface area (Å²) in [5.74, 6) is 0.739. The average Bonchev–Trinajstić information content (AvgIpc) is 2.31. The molecule has 1 aromatic carbocycles. The van der Waals surface area contributed by atoms with Crippen molar-refractivity contribution in [3.63, 3.8) is 0 Å². The molecular weight excluding hydrogens is 242 g/mol. The lowest BCUT2D eigenvalue weighted by Gasteiger charge is -2.22. The number of piperidine rings is 1. The van der Waals surface area contributed by atoms with E-state index in [2.05, 4.69) is 11.4 Å². The van der Waals surface area contributed by atoms with Gasteiger partial charge in [0.15, 0.2) is 0 Å². The van der Waals surface area contributed by atoms with E-state index in [1.54, 1.807) is 7.11 Å². The van der Waals surface area contributed by atoms with Gasteiger partial charge in [0.1, 0.15) is 5.75 Å². The predicted molar refractivity (Wildman–Crippen MR) is 69.5 cm³/mol. The Morgan fingerprint density at radius 3 is 2.94 bits per heavy atom. The van der Waals surface area contributed by atoms with Crippen LogP contribution in [0.4, 0.5) is 0 Å². The van der Waals surface area contributed by atoms with Crippen LogP contribution in [-0.2, 0) is 0 Å². The Labute approximate surface area is 106 Å². The highest BCUT2D eigenvalue weighted by Gasteiger charge is 2.14. The van der Waals surface area contributed by atoms with Crippen LogP contribution in [0.15, 0.2) is 23.1 Å². The van der Waals surface area contributed by atoms with Crippen LogP contribution in [0, 0.1) is 0 Å². The van der Waals surface area contributed by atoms with E-state index in [1.807, 2.05) is 23.9 Å². The molecule has 88 valence electrons. The van der Waals surface area contributed by atoms with Crippen LogP contribution in [0.3, 0.4) is 0 Å². The van der Waals surface area contributed by atoms with Crippen LogP contribution in [-0.4, -0.2) is 19.0 Å². The molecule has 1 atom stereocenters. The first-order valence-corrected chi connectivity index (χ1v) is 6.79. The van der Waals surface area contributed by atoms with Crippen molar-refractivity contribution >= 4 is 23.4 Å². The van der Waals surface area contributed by atoms with E-state index in [4.69, 9.17) is 16.3 Å². The molecule has 16 heavy (non-hydrogen) atoms. The first-order valence-electron chi connectivity index (χ1n) is 5.53. The summed E-state index contributed by atoms with van der Waals surface area (Å²) in [4.78, 5) is 1.20. The standard InChI is InChI=1S/C12H16ClNOS/c1-15-11-6-5-9(8-10(11)13)16-12-4-2-3-7-14-12/h5-6,8,12,14H,2-4,7H2,1H3. The Morgan fingerprint density at radius 2 is 2.31 bits per heavy atom. The molecule has 1 heterocycles. The fourth-order valence-electron chi connectivity index (χ4n) is 1.81. The van der Waals surface area contributed by atoms with E-state index in [1.165, 1.54) is 24.2 Å². The Hall–Kier alpha value is -0.380. The van der Waals surface area contributed by atoms with Crippen LogP contribution < -0.4 is 10.1 Å². The van der Waals surface area contributed by atoms with Crippen molar-refractivity contribution in [2.75, 3.05) is 13.7 Å². The molecule has 0 amide bonds. The summed E-state index contributed by atoms with van der Waals surface area (Å²) in [7, 11) is 1.64. The summed E-state index contributed by atoms with van der Waals surface area (Å²) < 4.78 is 5.13. The molecule has 0 aliphatic carbocycles. The second kappa shape index (κ2) is 5.80. The lowest BCUT2D eigenvalue weighted by atomic mass is 10.2. The molecule has 1 N–H and O–H groups in total. The topological polar surface area (TPSA) is 21.3 Å². The van der Waals surface area contributed by atoms with E-state index in [0.717, 1.165) is 12.3 Å². The molecule has 0 spiro atoms. The lowest BCUT2D eigenvalue weighted by molar-refractivity contribution is 0.414. The quantitative estimate of drug-likeness (QED) is 0.895.